The smallest absolute Gasteiger partial charge is 0.123 e. The van der Waals surface area contributed by atoms with Gasteiger partial charge in [0.1, 0.15) is 17.2 Å². The van der Waals surface area contributed by atoms with Gasteiger partial charge in [-0.1, -0.05) is 113 Å². The Morgan fingerprint density at radius 2 is 0.732 bits per heavy atom. The molecule has 0 fully saturated rings. The molecule has 0 bridgehead atoms. The predicted octanol–water partition coefficient (Wildman–Crippen LogP) is 10.8. The number of phenolic OH excluding ortho intramolecular Hbond substituents is 3. The summed E-state index contributed by atoms with van der Waals surface area (Å²) in [7, 11) is 0. The van der Waals surface area contributed by atoms with Gasteiger partial charge >= 0.3 is 0 Å². The highest BCUT2D eigenvalue weighted by Crippen LogP contribution is 2.43. The fourth-order valence-corrected chi connectivity index (χ4v) is 5.84. The highest BCUT2D eigenvalue weighted by molar-refractivity contribution is 7.99. The van der Waals surface area contributed by atoms with Crippen LogP contribution in [0.3, 0.4) is 0 Å². The molecule has 0 aromatic heterocycles. The van der Waals surface area contributed by atoms with Gasteiger partial charge in [0.15, 0.2) is 0 Å². The van der Waals surface area contributed by atoms with Crippen molar-refractivity contribution in [1.29, 1.82) is 0 Å². The molecular formula is C37H54O3S. The normalized spacial score (nSPS) is 12.7. The molecule has 0 aliphatic heterocycles. The van der Waals surface area contributed by atoms with Crippen LogP contribution in [0.15, 0.2) is 46.2 Å². The van der Waals surface area contributed by atoms with Gasteiger partial charge in [-0.3, -0.25) is 0 Å². The number of benzene rings is 3. The van der Waals surface area contributed by atoms with Gasteiger partial charge in [-0.2, -0.15) is 0 Å². The van der Waals surface area contributed by atoms with Crippen molar-refractivity contribution in [2.45, 2.75) is 135 Å². The molecule has 41 heavy (non-hydrogen) atoms. The first kappa shape index (κ1) is 34.6. The van der Waals surface area contributed by atoms with E-state index < -0.39 is 0 Å². The van der Waals surface area contributed by atoms with Gasteiger partial charge < -0.3 is 15.3 Å². The second-order valence-electron chi connectivity index (χ2n) is 15.6. The van der Waals surface area contributed by atoms with Crippen LogP contribution < -0.4 is 0 Å². The molecule has 0 saturated heterocycles. The summed E-state index contributed by atoms with van der Waals surface area (Å²) in [5, 5.41) is 31.0. The molecule has 3 aromatic rings. The van der Waals surface area contributed by atoms with E-state index in [4.69, 9.17) is 0 Å². The van der Waals surface area contributed by atoms with Crippen molar-refractivity contribution >= 4 is 11.8 Å². The average molecular weight is 579 g/mol. The maximum absolute atomic E-state index is 10.4. The number of rotatable bonds is 2. The van der Waals surface area contributed by atoms with Crippen LogP contribution in [-0.4, -0.2) is 15.3 Å². The average Bonchev–Trinajstić information content (AvgIpc) is 2.75. The maximum atomic E-state index is 10.4. The van der Waals surface area contributed by atoms with Gasteiger partial charge in [0.2, 0.25) is 0 Å². The molecule has 0 spiro atoms. The molecule has 0 unspecified atom stereocenters. The van der Waals surface area contributed by atoms with Crippen LogP contribution in [0.5, 0.6) is 17.2 Å². The minimum atomic E-state index is -0.117. The summed E-state index contributed by atoms with van der Waals surface area (Å²) in [6, 6.07) is 12.1. The summed E-state index contributed by atoms with van der Waals surface area (Å²) in [6.45, 7) is 31.6. The number of hydrogen-bond acceptors (Lipinski definition) is 4. The topological polar surface area (TPSA) is 60.7 Å². The molecule has 0 aliphatic rings. The SMILES string of the molecule is Cc1cc(C(C)(C)C)c(O)c(C(C)(C)C)c1.Cc1cc(O)c(C(C)(C)C)cc1Sc1cc(C(C)(C)C)c(O)cc1C. The van der Waals surface area contributed by atoms with Crippen LogP contribution in [-0.2, 0) is 21.7 Å². The lowest BCUT2D eigenvalue weighted by molar-refractivity contribution is 0.423. The quantitative estimate of drug-likeness (QED) is 0.283. The van der Waals surface area contributed by atoms with E-state index in [0.717, 1.165) is 43.2 Å². The van der Waals surface area contributed by atoms with E-state index in [0.29, 0.717) is 17.2 Å². The van der Waals surface area contributed by atoms with Gasteiger partial charge in [0, 0.05) is 20.9 Å². The Labute approximate surface area is 254 Å². The Morgan fingerprint density at radius 3 is 1.00 bits per heavy atom. The van der Waals surface area contributed by atoms with Gasteiger partial charge in [0.05, 0.1) is 0 Å². The number of hydrogen-bond donors (Lipinski definition) is 3. The minimum absolute atomic E-state index is 0.0178. The molecule has 0 amide bonds. The fourth-order valence-electron chi connectivity index (χ4n) is 4.81. The van der Waals surface area contributed by atoms with Gasteiger partial charge in [0.25, 0.3) is 0 Å². The van der Waals surface area contributed by atoms with E-state index >= 15 is 0 Å². The van der Waals surface area contributed by atoms with Gasteiger partial charge in [-0.25, -0.2) is 0 Å². The van der Waals surface area contributed by atoms with Gasteiger partial charge in [-0.15, -0.1) is 0 Å². The molecule has 0 saturated carbocycles. The zero-order valence-corrected chi connectivity index (χ0v) is 29.0. The summed E-state index contributed by atoms with van der Waals surface area (Å²) in [6.07, 6.45) is 0. The van der Waals surface area contributed by atoms with Crippen molar-refractivity contribution in [3.05, 3.63) is 75.3 Å². The van der Waals surface area contributed by atoms with Crippen molar-refractivity contribution in [2.75, 3.05) is 0 Å². The second kappa shape index (κ2) is 12.0. The summed E-state index contributed by atoms with van der Waals surface area (Å²) in [4.78, 5) is 2.27. The van der Waals surface area contributed by atoms with Crippen LogP contribution in [0.4, 0.5) is 0 Å². The number of phenols is 3. The van der Waals surface area contributed by atoms with Crippen LogP contribution >= 0.6 is 11.8 Å². The minimum Gasteiger partial charge on any atom is -0.508 e. The maximum Gasteiger partial charge on any atom is 0.123 e. The molecule has 0 radical (unpaired) electrons. The molecule has 3 nitrogen and oxygen atoms in total. The van der Waals surface area contributed by atoms with E-state index in [1.54, 1.807) is 11.8 Å². The van der Waals surface area contributed by atoms with E-state index in [1.165, 1.54) is 5.56 Å². The summed E-state index contributed by atoms with van der Waals surface area (Å²) >= 11 is 1.70. The van der Waals surface area contributed by atoms with Gasteiger partial charge in [-0.05, 0) is 89.0 Å². The summed E-state index contributed by atoms with van der Waals surface area (Å²) in [5.41, 5.74) is 7.04. The fraction of sp³-hybridized carbons (Fsp3) is 0.514. The largest absolute Gasteiger partial charge is 0.508 e. The van der Waals surface area contributed by atoms with Crippen molar-refractivity contribution in [3.8, 4) is 17.2 Å². The second-order valence-corrected chi connectivity index (χ2v) is 16.7. The van der Waals surface area contributed by atoms with Crippen LogP contribution in [0, 0.1) is 20.8 Å². The first-order chi connectivity index (χ1) is 18.3. The highest BCUT2D eigenvalue weighted by Gasteiger charge is 2.26. The van der Waals surface area contributed by atoms with Crippen LogP contribution in [0.25, 0.3) is 0 Å². The lowest BCUT2D eigenvalue weighted by Gasteiger charge is -2.27. The highest BCUT2D eigenvalue weighted by atomic mass is 32.2. The summed E-state index contributed by atoms with van der Waals surface area (Å²) in [5.74, 6) is 1.17. The number of aryl methyl sites for hydroxylation is 3. The Hall–Kier alpha value is -2.59. The Morgan fingerprint density at radius 1 is 0.439 bits per heavy atom. The Balaban J connectivity index is 0.000000317. The standard InChI is InChI=1S/C22H30O2S.C15H24O/c1-13-9-17(23)15(21(3,4)5)11-19(13)25-20-12-16(22(6,7)8)18(24)10-14(20)2;1-10-8-11(14(2,3)4)13(16)12(9-10)15(5,6)7/h9-12,23-24H,1-8H3;8-9,16H,1-7H3. The van der Waals surface area contributed by atoms with Crippen molar-refractivity contribution < 1.29 is 15.3 Å². The van der Waals surface area contributed by atoms with Crippen LogP contribution in [0.2, 0.25) is 0 Å². The zero-order valence-electron chi connectivity index (χ0n) is 28.2. The third-order valence-corrected chi connectivity index (χ3v) is 8.61. The molecule has 3 rings (SSSR count). The molecule has 3 aromatic carbocycles. The zero-order chi connectivity index (χ0) is 31.9. The summed E-state index contributed by atoms with van der Waals surface area (Å²) < 4.78 is 0. The molecule has 3 N–H and O–H groups in total. The van der Waals surface area contributed by atoms with E-state index in [-0.39, 0.29) is 21.7 Å². The van der Waals surface area contributed by atoms with Crippen LogP contribution in [0.1, 0.15) is 122 Å². The molecular weight excluding hydrogens is 524 g/mol. The molecule has 0 heterocycles. The monoisotopic (exact) mass is 578 g/mol. The molecule has 0 aliphatic carbocycles. The van der Waals surface area contributed by atoms with E-state index in [9.17, 15) is 15.3 Å². The first-order valence-corrected chi connectivity index (χ1v) is 15.4. The predicted molar refractivity (Wildman–Crippen MR) is 177 cm³/mol. The Kier molecular flexibility index (Phi) is 10.1. The Bertz CT molecular complexity index is 1290. The van der Waals surface area contributed by atoms with Crippen molar-refractivity contribution in [2.24, 2.45) is 0 Å². The van der Waals surface area contributed by atoms with Crippen molar-refractivity contribution in [3.63, 3.8) is 0 Å². The van der Waals surface area contributed by atoms with E-state index in [1.807, 2.05) is 26.0 Å². The third-order valence-electron chi connectivity index (χ3n) is 7.29. The van der Waals surface area contributed by atoms with Crippen molar-refractivity contribution in [1.82, 2.24) is 0 Å². The van der Waals surface area contributed by atoms with E-state index in [2.05, 4.69) is 114 Å². The molecule has 0 atom stereocenters. The third kappa shape index (κ3) is 8.70. The molecule has 4 heteroatoms. The number of aromatic hydroxyl groups is 3. The first-order valence-electron chi connectivity index (χ1n) is 14.5. The molecule has 226 valence electrons. The lowest BCUT2D eigenvalue weighted by atomic mass is 9.78. The lowest BCUT2D eigenvalue weighted by Crippen LogP contribution is -2.17.